The summed E-state index contributed by atoms with van der Waals surface area (Å²) >= 11 is 0. The van der Waals surface area contributed by atoms with Gasteiger partial charge in [0.25, 0.3) is 5.91 Å². The number of benzene rings is 10. The van der Waals surface area contributed by atoms with Gasteiger partial charge in [0.15, 0.2) is 0 Å². The fraction of sp³-hybridized carbons (Fsp3) is 0.343. The van der Waals surface area contributed by atoms with Gasteiger partial charge in [-0.3, -0.25) is 28.9 Å². The number of halogens is 1. The molecule has 1 saturated carbocycles. The number of nitrogens with two attached hydrogens (primary N) is 2. The molecule has 8 atom stereocenters. The largest absolute Gasteiger partial charge is 0.508 e. The van der Waals surface area contributed by atoms with Crippen molar-refractivity contribution in [1.29, 1.82) is 0 Å². The second kappa shape index (κ2) is 36.4. The highest BCUT2D eigenvalue weighted by atomic mass is 32.3. The molecule has 0 aromatic heterocycles. The molecule has 5 saturated heterocycles. The number of anilines is 7. The van der Waals surface area contributed by atoms with E-state index in [1.54, 1.807) is 72.8 Å². The molecular weight excluding hydrogens is 1610 g/mol. The summed E-state index contributed by atoms with van der Waals surface area (Å²) in [4.78, 5) is 72.2. The molecule has 22 nitrogen and oxygen atoms in total. The number of nitrogen functional groups attached to an aromatic ring is 2. The van der Waals surface area contributed by atoms with E-state index in [0.29, 0.717) is 28.1 Å². The standard InChI is InChI=1S/C21H23NO3.C21H25NO3.C20H20FNO5S.2C20H24N2O2/c1-12-5-6-15(10-17(12)23)19-21(7-8-21)20(24)22(19)16-9-13(2)14(3)18(11-16)25-4;1-6-17-20(15-8-7-12(2)18(23)10-15)22(21(17)24)16-9-13(3)14(4)19(11-16)25-5;1-11-6-7-15(9-17(11)27-28(21,24)25)19-14(4)20(23)22(19)16-8-12(2)13(3)18(10-16)26-5;2*1-11-6-7-15(9-17(11)21)19-14(4)20(23)22(19)16-8-12(2)13(3)18(10-16)24-5/h5-6,9-11,19,23H,7-8H2,1-4H3;7-11,17,20,23H,6H2,1-5H3;6-10,19H,4H2,1-3,5H3;2*6-10,14,19H,21H2,1-5H3/t19-;17-,20+;19-;14-,19+;14-,19-/m01101/s1. The Labute approximate surface area is 739 Å². The number of rotatable bonds is 18. The van der Waals surface area contributed by atoms with Gasteiger partial charge in [-0.2, -0.15) is 8.42 Å². The SMILES string of the molecule is C=C1C(=O)N(c2cc(C)c(C)c(OC)c2)[C@H]1c1ccc(C)c(OS(=O)(=O)F)c1.CC[C@H]1C(=O)N(c2cc(C)c(C)c(OC)c2)[C@H]1c1ccc(C)c(O)c1.COc1cc(N2C(=O)C3(CC3)[C@@H]2c2ccc(C)c(O)c2)cc(C)c1C.COc1cc(N2C(=O)[C@@H](C)[C@@H]2c2ccc(C)c(N)c2)cc(C)c1C.COc1cc(N2C(=O)[C@H](C)[C@@H]2c2ccc(C)c(N)c2)cc(C)c1C. The van der Waals surface area contributed by atoms with Gasteiger partial charge in [-0.1, -0.05) is 91.9 Å². The summed E-state index contributed by atoms with van der Waals surface area (Å²) in [6, 6.07) is 47.2. The van der Waals surface area contributed by atoms with Crippen LogP contribution in [0.15, 0.2) is 164 Å². The Balaban J connectivity index is 0.000000143. The van der Waals surface area contributed by atoms with Crippen LogP contribution in [0.2, 0.25) is 0 Å². The average molecular weight is 1730 g/mol. The number of amides is 5. The van der Waals surface area contributed by atoms with E-state index in [9.17, 15) is 46.5 Å². The van der Waals surface area contributed by atoms with E-state index >= 15 is 0 Å². The highest BCUT2D eigenvalue weighted by Gasteiger charge is 2.69. The van der Waals surface area contributed by atoms with Crippen LogP contribution >= 0.6 is 0 Å². The van der Waals surface area contributed by atoms with Crippen LogP contribution in [0, 0.1) is 127 Å². The summed E-state index contributed by atoms with van der Waals surface area (Å²) < 4.78 is 66.4. The number of aromatic hydroxyl groups is 2. The van der Waals surface area contributed by atoms with Crippen molar-refractivity contribution >= 4 is 79.9 Å². The fourth-order valence-corrected chi connectivity index (χ4v) is 17.9. The maximum atomic E-state index is 13.0. The number of phenolic OH excluding ortho intramolecular Hbond substituents is 2. The highest BCUT2D eigenvalue weighted by molar-refractivity contribution is 7.81. The first kappa shape index (κ1) is 92.4. The van der Waals surface area contributed by atoms with E-state index in [4.69, 9.17) is 35.2 Å². The summed E-state index contributed by atoms with van der Waals surface area (Å²) in [6.07, 6.45) is 2.61. The third-order valence-electron chi connectivity index (χ3n) is 26.4. The Kier molecular flexibility index (Phi) is 26.7. The summed E-state index contributed by atoms with van der Waals surface area (Å²) in [7, 11) is 3.01. The van der Waals surface area contributed by atoms with E-state index in [-0.39, 0.29) is 94.1 Å². The molecule has 6 fully saturated rings. The molecule has 6 aliphatic rings. The van der Waals surface area contributed by atoms with Crippen molar-refractivity contribution in [2.75, 3.05) is 71.5 Å². The second-order valence-electron chi connectivity index (χ2n) is 34.2. The summed E-state index contributed by atoms with van der Waals surface area (Å²) in [5.74, 6) is 4.40. The average Bonchev–Trinajstić information content (AvgIpc) is 1.64. The van der Waals surface area contributed by atoms with Crippen LogP contribution in [0.25, 0.3) is 0 Å². The lowest BCUT2D eigenvalue weighted by molar-refractivity contribution is -0.132. The van der Waals surface area contributed by atoms with Crippen LogP contribution < -0.4 is 63.8 Å². The molecule has 126 heavy (non-hydrogen) atoms. The highest BCUT2D eigenvalue weighted by Crippen LogP contribution is 2.67. The number of hydrogen-bond acceptors (Lipinski definition) is 17. The van der Waals surface area contributed by atoms with Crippen LogP contribution in [0.1, 0.15) is 182 Å². The number of carbonyl (C=O) groups is 5. The molecule has 1 aliphatic carbocycles. The lowest BCUT2D eigenvalue weighted by Crippen LogP contribution is -2.57. The Morgan fingerprint density at radius 3 is 1.06 bits per heavy atom. The zero-order valence-electron chi connectivity index (χ0n) is 76.3. The molecule has 5 amide bonds. The smallest absolute Gasteiger partial charge is 0.488 e. The van der Waals surface area contributed by atoms with Gasteiger partial charge in [-0.05, 0) is 295 Å². The van der Waals surface area contributed by atoms with Crippen LogP contribution in [0.4, 0.5) is 43.7 Å². The van der Waals surface area contributed by atoms with E-state index in [1.165, 1.54) is 11.0 Å². The topological polar surface area (TPSA) is 284 Å². The second-order valence-corrected chi connectivity index (χ2v) is 35.1. The van der Waals surface area contributed by atoms with Crippen molar-refractivity contribution in [3.63, 3.8) is 0 Å². The molecule has 662 valence electrons. The Bertz CT molecular complexity index is 6000. The molecule has 10 aromatic rings. The number of carbonyl (C=O) groups excluding carboxylic acids is 5. The normalized spacial score (nSPS) is 19.3. The van der Waals surface area contributed by atoms with Crippen LogP contribution in [0.3, 0.4) is 0 Å². The quantitative estimate of drug-likeness (QED) is 0.0269. The van der Waals surface area contributed by atoms with Gasteiger partial charge in [0.1, 0.15) is 46.0 Å². The number of ether oxygens (including phenoxy) is 5. The first-order chi connectivity index (χ1) is 59.5. The zero-order valence-corrected chi connectivity index (χ0v) is 77.1. The van der Waals surface area contributed by atoms with E-state index in [0.717, 1.165) is 177 Å². The first-order valence-corrected chi connectivity index (χ1v) is 43.5. The number of aryl methyl sites for hydroxylation is 10. The predicted octanol–water partition coefficient (Wildman–Crippen LogP) is 20.3. The van der Waals surface area contributed by atoms with Crippen molar-refractivity contribution in [1.82, 2.24) is 0 Å². The van der Waals surface area contributed by atoms with Crippen molar-refractivity contribution < 1.29 is 74.4 Å². The lowest BCUT2D eigenvalue weighted by atomic mass is 9.78. The zero-order chi connectivity index (χ0) is 92.2. The van der Waals surface area contributed by atoms with Crippen molar-refractivity contribution in [3.8, 4) is 46.0 Å². The third-order valence-corrected chi connectivity index (χ3v) is 26.7. The van der Waals surface area contributed by atoms with Gasteiger partial charge in [-0.25, -0.2) is 0 Å². The van der Waals surface area contributed by atoms with Crippen molar-refractivity contribution in [2.45, 2.75) is 174 Å². The van der Waals surface area contributed by atoms with Crippen molar-refractivity contribution in [3.05, 3.63) is 275 Å². The van der Waals surface area contributed by atoms with Gasteiger partial charge in [0, 0.05) is 75.7 Å². The minimum Gasteiger partial charge on any atom is -0.508 e. The summed E-state index contributed by atoms with van der Waals surface area (Å²) in [5.41, 5.74) is 37.4. The van der Waals surface area contributed by atoms with Gasteiger partial charge in [-0.15, -0.1) is 0 Å². The van der Waals surface area contributed by atoms with Crippen LogP contribution in [-0.4, -0.2) is 83.7 Å². The maximum absolute atomic E-state index is 13.0. The van der Waals surface area contributed by atoms with Gasteiger partial charge in [0.2, 0.25) is 23.6 Å². The number of hydrogen-bond donors (Lipinski definition) is 4. The third kappa shape index (κ3) is 17.4. The molecule has 10 aromatic carbocycles. The minimum atomic E-state index is -5.16. The summed E-state index contributed by atoms with van der Waals surface area (Å²) in [6.45, 7) is 39.2. The predicted molar refractivity (Wildman–Crippen MR) is 495 cm³/mol. The number of nitrogens with zero attached hydrogens (tertiary/aromatic N) is 5. The molecule has 16 rings (SSSR count). The molecule has 5 aliphatic heterocycles. The van der Waals surface area contributed by atoms with Crippen LogP contribution in [-0.2, 0) is 34.5 Å². The first-order valence-electron chi connectivity index (χ1n) is 42.2. The lowest BCUT2D eigenvalue weighted by Gasteiger charge is -2.48. The Hall–Kier alpha value is -12.8. The minimum absolute atomic E-state index is 0.00668. The van der Waals surface area contributed by atoms with Gasteiger partial charge < -0.3 is 69.1 Å². The Morgan fingerprint density at radius 1 is 0.397 bits per heavy atom. The molecule has 24 heteroatoms. The Morgan fingerprint density at radius 2 is 0.714 bits per heavy atom. The number of methoxy groups -OCH3 is 5. The van der Waals surface area contributed by atoms with Gasteiger partial charge in [0.05, 0.1) is 88.9 Å². The van der Waals surface area contributed by atoms with Gasteiger partial charge >= 0.3 is 10.5 Å². The number of phenols is 2. The monoisotopic (exact) mass is 1730 g/mol. The molecule has 0 radical (unpaired) electrons. The molecule has 6 N–H and O–H groups in total. The molecule has 0 unspecified atom stereocenters. The molecular formula is C102H116FN7O15S. The van der Waals surface area contributed by atoms with E-state index < -0.39 is 16.5 Å². The summed E-state index contributed by atoms with van der Waals surface area (Å²) in [5, 5.41) is 20.2. The fourth-order valence-electron chi connectivity index (χ4n) is 17.5. The van der Waals surface area contributed by atoms with E-state index in [2.05, 4.69) is 22.9 Å². The maximum Gasteiger partial charge on any atom is 0.488 e. The molecule has 1 spiro atoms. The van der Waals surface area contributed by atoms with Crippen LogP contribution in [0.5, 0.6) is 46.0 Å². The number of β-lactam (4-membered cyclic amide) rings is 5. The van der Waals surface area contributed by atoms with E-state index in [1.807, 2.05) is 240 Å². The van der Waals surface area contributed by atoms with Crippen molar-refractivity contribution in [2.24, 2.45) is 23.2 Å². The molecule has 0 bridgehead atoms. The molecule has 5 heterocycles.